The number of pyridine rings is 1. The highest BCUT2D eigenvalue weighted by Crippen LogP contribution is 2.27. The van der Waals surface area contributed by atoms with Gasteiger partial charge in [-0.25, -0.2) is 0 Å². The van der Waals surface area contributed by atoms with E-state index in [0.717, 1.165) is 6.54 Å². The second-order valence-corrected chi connectivity index (χ2v) is 4.11. The van der Waals surface area contributed by atoms with E-state index >= 15 is 0 Å². The van der Waals surface area contributed by atoms with Crippen LogP contribution in [-0.4, -0.2) is 18.1 Å². The van der Waals surface area contributed by atoms with Gasteiger partial charge in [-0.1, -0.05) is 18.2 Å². The minimum Gasteiger partial charge on any atom is -0.327 e. The Balaban J connectivity index is 1.99. The molecular formula is C13H19N3. The molecule has 1 heterocycles. The van der Waals surface area contributed by atoms with E-state index in [9.17, 15) is 0 Å². The molecule has 1 aliphatic carbocycles. The first-order valence-electron chi connectivity index (χ1n) is 5.94. The van der Waals surface area contributed by atoms with E-state index < -0.39 is 0 Å². The molecule has 1 aliphatic rings. The van der Waals surface area contributed by atoms with Gasteiger partial charge in [0.2, 0.25) is 0 Å². The third kappa shape index (κ3) is 2.68. The van der Waals surface area contributed by atoms with Gasteiger partial charge >= 0.3 is 0 Å². The maximum Gasteiger partial charge on any atom is 0.0605 e. The normalized spacial score (nSPS) is 19.9. The van der Waals surface area contributed by atoms with Gasteiger partial charge < -0.3 is 11.1 Å². The van der Waals surface area contributed by atoms with E-state index in [1.54, 1.807) is 0 Å². The average molecular weight is 217 g/mol. The Morgan fingerprint density at radius 1 is 1.50 bits per heavy atom. The Hall–Kier alpha value is -1.19. The molecule has 0 fully saturated rings. The molecule has 1 atom stereocenters. The molecule has 16 heavy (non-hydrogen) atoms. The van der Waals surface area contributed by atoms with Crippen LogP contribution >= 0.6 is 0 Å². The van der Waals surface area contributed by atoms with E-state index in [1.165, 1.54) is 30.5 Å². The minimum absolute atomic E-state index is 0.410. The van der Waals surface area contributed by atoms with E-state index in [0.29, 0.717) is 12.6 Å². The van der Waals surface area contributed by atoms with Crippen LogP contribution in [0.25, 0.3) is 0 Å². The highest BCUT2D eigenvalue weighted by Gasteiger charge is 2.19. The Labute approximate surface area is 96.8 Å². The van der Waals surface area contributed by atoms with Crippen LogP contribution < -0.4 is 11.1 Å². The van der Waals surface area contributed by atoms with Crippen molar-refractivity contribution in [1.29, 1.82) is 0 Å². The average Bonchev–Trinajstić information content (AvgIpc) is 2.35. The summed E-state index contributed by atoms with van der Waals surface area (Å²) >= 11 is 0. The third-order valence-corrected chi connectivity index (χ3v) is 2.98. The Morgan fingerprint density at radius 2 is 2.44 bits per heavy atom. The number of hydrogen-bond donors (Lipinski definition) is 2. The van der Waals surface area contributed by atoms with Crippen molar-refractivity contribution in [2.24, 2.45) is 5.73 Å². The summed E-state index contributed by atoms with van der Waals surface area (Å²) in [6, 6.07) is 4.62. The van der Waals surface area contributed by atoms with Gasteiger partial charge in [0.15, 0.2) is 0 Å². The fourth-order valence-electron chi connectivity index (χ4n) is 2.20. The van der Waals surface area contributed by atoms with E-state index in [2.05, 4.69) is 22.4 Å². The number of nitrogens with zero attached hydrogens (tertiary/aromatic N) is 1. The lowest BCUT2D eigenvalue weighted by Crippen LogP contribution is -2.26. The molecule has 0 amide bonds. The number of aromatic nitrogens is 1. The summed E-state index contributed by atoms with van der Waals surface area (Å²) in [5, 5.41) is 3.51. The van der Waals surface area contributed by atoms with Crippen LogP contribution in [0.5, 0.6) is 0 Å². The van der Waals surface area contributed by atoms with Crippen LogP contribution in [0.1, 0.15) is 30.1 Å². The molecule has 3 heteroatoms. The molecule has 0 saturated heterocycles. The van der Waals surface area contributed by atoms with E-state index in [4.69, 9.17) is 5.73 Å². The van der Waals surface area contributed by atoms with E-state index in [-0.39, 0.29) is 0 Å². The van der Waals surface area contributed by atoms with Crippen molar-refractivity contribution in [3.63, 3.8) is 0 Å². The molecule has 1 aromatic rings. The number of aryl methyl sites for hydroxylation is 1. The first-order chi connectivity index (χ1) is 7.92. The number of hydrogen-bond acceptors (Lipinski definition) is 3. The summed E-state index contributed by atoms with van der Waals surface area (Å²) in [5.74, 6) is 0. The van der Waals surface area contributed by atoms with Crippen LogP contribution in [0.3, 0.4) is 0 Å². The molecule has 2 rings (SSSR count). The quantitative estimate of drug-likeness (QED) is 0.753. The molecule has 86 valence electrons. The molecule has 0 bridgehead atoms. The van der Waals surface area contributed by atoms with Gasteiger partial charge in [0.25, 0.3) is 0 Å². The fraction of sp³-hybridized carbons (Fsp3) is 0.462. The molecule has 0 aliphatic heterocycles. The minimum atomic E-state index is 0.410. The molecule has 0 unspecified atom stereocenters. The topological polar surface area (TPSA) is 50.9 Å². The second kappa shape index (κ2) is 5.77. The maximum atomic E-state index is 5.40. The summed E-state index contributed by atoms with van der Waals surface area (Å²) in [7, 11) is 0. The molecule has 3 N–H and O–H groups in total. The largest absolute Gasteiger partial charge is 0.327 e. The zero-order valence-corrected chi connectivity index (χ0v) is 9.52. The third-order valence-electron chi connectivity index (χ3n) is 2.98. The molecular weight excluding hydrogens is 198 g/mol. The van der Waals surface area contributed by atoms with Crippen molar-refractivity contribution < 1.29 is 0 Å². The Kier molecular flexibility index (Phi) is 4.08. The second-order valence-electron chi connectivity index (χ2n) is 4.11. The molecule has 3 nitrogen and oxygen atoms in total. The van der Waals surface area contributed by atoms with Crippen molar-refractivity contribution in [2.45, 2.75) is 25.3 Å². The van der Waals surface area contributed by atoms with Crippen molar-refractivity contribution in [1.82, 2.24) is 10.3 Å². The highest BCUT2D eigenvalue weighted by atomic mass is 14.9. The van der Waals surface area contributed by atoms with Crippen molar-refractivity contribution in [3.8, 4) is 0 Å². The summed E-state index contributed by atoms with van der Waals surface area (Å²) < 4.78 is 0. The highest BCUT2D eigenvalue weighted by molar-refractivity contribution is 5.25. The van der Waals surface area contributed by atoms with Crippen molar-refractivity contribution >= 4 is 0 Å². The number of rotatable bonds is 4. The molecule has 0 aromatic carbocycles. The van der Waals surface area contributed by atoms with Gasteiger partial charge in [0.05, 0.1) is 11.7 Å². The smallest absolute Gasteiger partial charge is 0.0605 e. The lowest BCUT2D eigenvalue weighted by Gasteiger charge is -2.24. The van der Waals surface area contributed by atoms with Crippen LogP contribution in [0.4, 0.5) is 0 Å². The number of fused-ring (bicyclic) bond motifs is 1. The molecule has 1 aromatic heterocycles. The summed E-state index contributed by atoms with van der Waals surface area (Å²) in [5.41, 5.74) is 8.03. The van der Waals surface area contributed by atoms with Crippen molar-refractivity contribution in [2.75, 3.05) is 13.1 Å². The lowest BCUT2D eigenvalue weighted by atomic mass is 9.92. The standard InChI is InChI=1S/C13H19N3/c14-8-1-2-9-15-12-7-3-5-11-6-4-10-16-13(11)12/h1-2,4,6,10,12,15H,3,5,7-9,14H2/t12-/m0/s1. The molecule has 0 saturated carbocycles. The fourth-order valence-corrected chi connectivity index (χ4v) is 2.20. The Bertz CT molecular complexity index is 360. The van der Waals surface area contributed by atoms with Crippen LogP contribution in [-0.2, 0) is 6.42 Å². The zero-order valence-electron chi connectivity index (χ0n) is 9.52. The summed E-state index contributed by atoms with van der Waals surface area (Å²) in [6.45, 7) is 1.49. The lowest BCUT2D eigenvalue weighted by molar-refractivity contribution is 0.468. The Morgan fingerprint density at radius 3 is 3.31 bits per heavy atom. The van der Waals surface area contributed by atoms with Crippen molar-refractivity contribution in [3.05, 3.63) is 41.7 Å². The van der Waals surface area contributed by atoms with Gasteiger partial charge in [-0.3, -0.25) is 4.98 Å². The SMILES string of the molecule is NCC=CCN[C@H]1CCCc2cccnc21. The van der Waals surface area contributed by atoms with Gasteiger partial charge in [-0.15, -0.1) is 0 Å². The molecule has 0 radical (unpaired) electrons. The summed E-state index contributed by atoms with van der Waals surface area (Å²) in [6.07, 6.45) is 9.54. The summed E-state index contributed by atoms with van der Waals surface area (Å²) in [4.78, 5) is 4.49. The monoisotopic (exact) mass is 217 g/mol. The predicted octanol–water partition coefficient (Wildman–Crippen LogP) is 1.56. The first-order valence-corrected chi connectivity index (χ1v) is 5.94. The van der Waals surface area contributed by atoms with Gasteiger partial charge in [0.1, 0.15) is 0 Å². The zero-order chi connectivity index (χ0) is 11.2. The first kappa shape index (κ1) is 11.3. The van der Waals surface area contributed by atoms with Crippen LogP contribution in [0, 0.1) is 0 Å². The maximum absolute atomic E-state index is 5.40. The van der Waals surface area contributed by atoms with Crippen LogP contribution in [0.15, 0.2) is 30.5 Å². The number of nitrogens with two attached hydrogens (primary N) is 1. The van der Waals surface area contributed by atoms with Gasteiger partial charge in [-0.2, -0.15) is 0 Å². The van der Waals surface area contributed by atoms with E-state index in [1.807, 2.05) is 18.3 Å². The molecule has 0 spiro atoms. The van der Waals surface area contributed by atoms with Crippen LogP contribution in [0.2, 0.25) is 0 Å². The van der Waals surface area contributed by atoms with Gasteiger partial charge in [0, 0.05) is 19.3 Å². The van der Waals surface area contributed by atoms with Gasteiger partial charge in [-0.05, 0) is 30.9 Å². The predicted molar refractivity (Wildman–Crippen MR) is 66.1 cm³/mol. The number of nitrogens with one attached hydrogen (secondary N) is 1.